The van der Waals surface area contributed by atoms with Crippen LogP contribution in [0.3, 0.4) is 0 Å². The van der Waals surface area contributed by atoms with E-state index in [0.29, 0.717) is 26.3 Å². The van der Waals surface area contributed by atoms with Crippen LogP contribution in [0.5, 0.6) is 0 Å². The van der Waals surface area contributed by atoms with E-state index in [1.165, 1.54) is 4.90 Å². The second-order valence-corrected chi connectivity index (χ2v) is 4.67. The lowest BCUT2D eigenvalue weighted by atomic mass is 10.2. The van der Waals surface area contributed by atoms with Crippen LogP contribution >= 0.6 is 0 Å². The maximum absolute atomic E-state index is 12.0. The molecule has 102 valence electrons. The van der Waals surface area contributed by atoms with Gasteiger partial charge in [-0.3, -0.25) is 14.5 Å². The molecule has 2 fully saturated rings. The molecule has 0 aromatic rings. The molecule has 2 saturated heterocycles. The molecule has 0 radical (unpaired) electrons. The molecule has 2 aliphatic rings. The number of nitrogens with zero attached hydrogens (tertiary/aromatic N) is 2. The number of β-amino-alcohol motifs (C(OH)–C–C–N with tert-alkyl or cyclic N) is 1. The third-order valence-electron chi connectivity index (χ3n) is 3.37. The summed E-state index contributed by atoms with van der Waals surface area (Å²) in [7, 11) is 0. The normalized spacial score (nSPS) is 29.5. The van der Waals surface area contributed by atoms with Crippen molar-refractivity contribution >= 4 is 11.9 Å². The van der Waals surface area contributed by atoms with Gasteiger partial charge in [0.15, 0.2) is 0 Å². The Kier molecular flexibility index (Phi) is 4.15. The zero-order valence-corrected chi connectivity index (χ0v) is 10.1. The minimum atomic E-state index is -0.985. The van der Waals surface area contributed by atoms with Crippen molar-refractivity contribution in [3.63, 3.8) is 0 Å². The molecule has 0 saturated carbocycles. The number of aliphatic carboxylic acids is 1. The predicted molar refractivity (Wildman–Crippen MR) is 61.0 cm³/mol. The number of carboxylic acids is 1. The third-order valence-corrected chi connectivity index (χ3v) is 3.37. The van der Waals surface area contributed by atoms with Crippen molar-refractivity contribution in [3.8, 4) is 0 Å². The monoisotopic (exact) mass is 258 g/mol. The molecule has 2 unspecified atom stereocenters. The first-order valence-corrected chi connectivity index (χ1v) is 6.08. The van der Waals surface area contributed by atoms with Gasteiger partial charge in [-0.05, 0) is 0 Å². The number of likely N-dealkylation sites (tertiary alicyclic amines) is 1. The van der Waals surface area contributed by atoms with Crippen molar-refractivity contribution in [1.82, 2.24) is 9.80 Å². The molecular formula is C11H18N2O5. The number of aliphatic hydroxyl groups is 1. The number of hydrogen-bond acceptors (Lipinski definition) is 5. The zero-order valence-electron chi connectivity index (χ0n) is 10.1. The molecule has 18 heavy (non-hydrogen) atoms. The van der Waals surface area contributed by atoms with Crippen LogP contribution in [0, 0.1) is 0 Å². The highest BCUT2D eigenvalue weighted by molar-refractivity contribution is 5.80. The maximum Gasteiger partial charge on any atom is 0.321 e. The Hall–Kier alpha value is -1.18. The second-order valence-electron chi connectivity index (χ2n) is 4.67. The molecule has 2 atom stereocenters. The van der Waals surface area contributed by atoms with E-state index >= 15 is 0 Å². The molecule has 0 aromatic heterocycles. The first-order valence-electron chi connectivity index (χ1n) is 6.08. The highest BCUT2D eigenvalue weighted by atomic mass is 16.5. The number of rotatable bonds is 3. The fourth-order valence-electron chi connectivity index (χ4n) is 2.40. The van der Waals surface area contributed by atoms with Gasteiger partial charge in [-0.2, -0.15) is 0 Å². The average Bonchev–Trinajstić information content (AvgIpc) is 2.71. The Balaban J connectivity index is 1.91. The number of ether oxygens (including phenoxy) is 1. The number of hydrogen-bond donors (Lipinski definition) is 2. The number of morpholine rings is 1. The zero-order chi connectivity index (χ0) is 13.1. The second kappa shape index (κ2) is 5.64. The predicted octanol–water partition coefficient (Wildman–Crippen LogP) is -1.63. The summed E-state index contributed by atoms with van der Waals surface area (Å²) in [6, 6.07) is -0.759. The standard InChI is InChI=1S/C11H18N2O5/c14-8-5-9(11(16)17)13(6-8)7-10(15)12-1-3-18-4-2-12/h8-9,14H,1-7H2,(H,16,17). The molecule has 1 amide bonds. The summed E-state index contributed by atoms with van der Waals surface area (Å²) in [4.78, 5) is 26.2. The van der Waals surface area contributed by atoms with Gasteiger partial charge < -0.3 is 19.8 Å². The minimum Gasteiger partial charge on any atom is -0.480 e. The molecule has 2 aliphatic heterocycles. The molecule has 7 heteroatoms. The molecule has 2 heterocycles. The summed E-state index contributed by atoms with van der Waals surface area (Å²) < 4.78 is 5.15. The van der Waals surface area contributed by atoms with Crippen molar-refractivity contribution in [3.05, 3.63) is 0 Å². The van der Waals surface area contributed by atoms with Gasteiger partial charge in [0, 0.05) is 26.1 Å². The van der Waals surface area contributed by atoms with Crippen LogP contribution in [-0.4, -0.2) is 83.4 Å². The van der Waals surface area contributed by atoms with Gasteiger partial charge in [0.2, 0.25) is 5.91 Å². The SMILES string of the molecule is O=C(O)C1CC(O)CN1CC(=O)N1CCOCC1. The van der Waals surface area contributed by atoms with Crippen molar-refractivity contribution in [2.24, 2.45) is 0 Å². The molecule has 2 rings (SSSR count). The minimum absolute atomic E-state index is 0.0496. The highest BCUT2D eigenvalue weighted by Crippen LogP contribution is 2.18. The van der Waals surface area contributed by atoms with E-state index in [1.807, 2.05) is 0 Å². The summed E-state index contributed by atoms with van der Waals surface area (Å²) in [5, 5.41) is 18.5. The van der Waals surface area contributed by atoms with Crippen molar-refractivity contribution in [1.29, 1.82) is 0 Å². The van der Waals surface area contributed by atoms with Gasteiger partial charge in [-0.15, -0.1) is 0 Å². The third kappa shape index (κ3) is 2.98. The van der Waals surface area contributed by atoms with Gasteiger partial charge >= 0.3 is 5.97 Å². The number of carbonyl (C=O) groups excluding carboxylic acids is 1. The molecule has 0 spiro atoms. The van der Waals surface area contributed by atoms with Crippen LogP contribution in [0.25, 0.3) is 0 Å². The molecule has 7 nitrogen and oxygen atoms in total. The van der Waals surface area contributed by atoms with Crippen LogP contribution in [0.2, 0.25) is 0 Å². The van der Waals surface area contributed by atoms with E-state index in [4.69, 9.17) is 9.84 Å². The number of amides is 1. The summed E-state index contributed by atoms with van der Waals surface area (Å²) in [6.45, 7) is 2.44. The Morgan fingerprint density at radius 2 is 1.94 bits per heavy atom. The lowest BCUT2D eigenvalue weighted by molar-refractivity contribution is -0.144. The summed E-state index contributed by atoms with van der Waals surface area (Å²) in [5.41, 5.74) is 0. The summed E-state index contributed by atoms with van der Waals surface area (Å²) >= 11 is 0. The van der Waals surface area contributed by atoms with E-state index < -0.39 is 18.1 Å². The van der Waals surface area contributed by atoms with Gasteiger partial charge in [-0.25, -0.2) is 0 Å². The lowest BCUT2D eigenvalue weighted by Crippen LogP contribution is -2.48. The summed E-state index contributed by atoms with van der Waals surface area (Å²) in [6.07, 6.45) is -0.477. The fraction of sp³-hybridized carbons (Fsp3) is 0.818. The van der Waals surface area contributed by atoms with Crippen LogP contribution in [0.1, 0.15) is 6.42 Å². The van der Waals surface area contributed by atoms with Crippen molar-refractivity contribution in [2.75, 3.05) is 39.4 Å². The van der Waals surface area contributed by atoms with E-state index in [0.717, 1.165) is 0 Å². The molecule has 2 N–H and O–H groups in total. The number of aliphatic hydroxyl groups excluding tert-OH is 1. The van der Waals surface area contributed by atoms with Gasteiger partial charge in [-0.1, -0.05) is 0 Å². The Labute approximate surface area is 105 Å². The van der Waals surface area contributed by atoms with Crippen LogP contribution in [-0.2, 0) is 14.3 Å². The summed E-state index contributed by atoms with van der Waals surface area (Å²) in [5.74, 6) is -1.08. The van der Waals surface area contributed by atoms with Crippen LogP contribution in [0.4, 0.5) is 0 Å². The van der Waals surface area contributed by atoms with Gasteiger partial charge in [0.25, 0.3) is 0 Å². The Morgan fingerprint density at radius 3 is 2.56 bits per heavy atom. The maximum atomic E-state index is 12.0. The van der Waals surface area contributed by atoms with Crippen LogP contribution < -0.4 is 0 Å². The Morgan fingerprint density at radius 1 is 1.28 bits per heavy atom. The first-order chi connectivity index (χ1) is 8.58. The van der Waals surface area contributed by atoms with Crippen molar-refractivity contribution < 1.29 is 24.5 Å². The first kappa shape index (κ1) is 13.3. The van der Waals surface area contributed by atoms with Gasteiger partial charge in [0.05, 0.1) is 25.9 Å². The van der Waals surface area contributed by atoms with Gasteiger partial charge in [0.1, 0.15) is 6.04 Å². The fourth-order valence-corrected chi connectivity index (χ4v) is 2.40. The quantitative estimate of drug-likeness (QED) is 0.631. The van der Waals surface area contributed by atoms with E-state index in [9.17, 15) is 14.7 Å². The molecule has 0 aliphatic carbocycles. The topological polar surface area (TPSA) is 90.3 Å². The largest absolute Gasteiger partial charge is 0.480 e. The Bertz CT molecular complexity index is 329. The molecular weight excluding hydrogens is 240 g/mol. The molecule has 0 aromatic carbocycles. The highest BCUT2D eigenvalue weighted by Gasteiger charge is 2.37. The van der Waals surface area contributed by atoms with E-state index in [2.05, 4.69) is 0 Å². The smallest absolute Gasteiger partial charge is 0.321 e. The van der Waals surface area contributed by atoms with Crippen molar-refractivity contribution in [2.45, 2.75) is 18.6 Å². The van der Waals surface area contributed by atoms with Crippen LogP contribution in [0.15, 0.2) is 0 Å². The number of carbonyl (C=O) groups is 2. The number of carboxylic acid groups (broad SMARTS) is 1. The molecule has 0 bridgehead atoms. The van der Waals surface area contributed by atoms with E-state index in [1.54, 1.807) is 4.90 Å². The average molecular weight is 258 g/mol. The van der Waals surface area contributed by atoms with E-state index in [-0.39, 0.29) is 25.4 Å². The lowest BCUT2D eigenvalue weighted by Gasteiger charge is -2.29.